The number of carbonyl (C=O) groups excluding carboxylic acids is 1. The van der Waals surface area contributed by atoms with Gasteiger partial charge in [0.15, 0.2) is 11.5 Å². The number of unbranched alkanes of at least 4 members (excludes halogenated alkanes) is 1. The third-order valence-electron chi connectivity index (χ3n) is 4.18. The number of carbonyl (C=O) groups is 1. The molecule has 9 nitrogen and oxygen atoms in total. The smallest absolute Gasteiger partial charge is 0.338 e. The monoisotopic (exact) mass is 359 g/mol. The van der Waals surface area contributed by atoms with E-state index in [9.17, 15) is 9.90 Å². The molecule has 0 amide bonds. The van der Waals surface area contributed by atoms with Crippen LogP contribution < -0.4 is 10.1 Å². The predicted molar refractivity (Wildman–Crippen MR) is 92.8 cm³/mol. The van der Waals surface area contributed by atoms with Gasteiger partial charge >= 0.3 is 5.97 Å². The Morgan fingerprint density at radius 3 is 2.96 bits per heavy atom. The molecule has 1 aliphatic rings. The number of phenolic OH excluding ortho intramolecular Hbond substituents is 1. The molecule has 2 N–H and O–H groups in total. The first-order valence-corrected chi connectivity index (χ1v) is 8.36. The molecule has 0 fully saturated rings. The van der Waals surface area contributed by atoms with Crippen molar-refractivity contribution in [1.82, 2.24) is 20.2 Å². The van der Waals surface area contributed by atoms with E-state index in [1.165, 1.54) is 17.9 Å². The largest absolute Gasteiger partial charge is 0.504 e. The molecule has 2 aromatic rings. The summed E-state index contributed by atoms with van der Waals surface area (Å²) in [4.78, 5) is 12.7. The minimum Gasteiger partial charge on any atom is -0.504 e. The number of fused-ring (bicyclic) bond motifs is 1. The van der Waals surface area contributed by atoms with E-state index in [0.717, 1.165) is 12.8 Å². The Labute approximate surface area is 150 Å². The number of aromatic nitrogens is 4. The number of esters is 1. The Morgan fingerprint density at radius 2 is 2.23 bits per heavy atom. The fourth-order valence-corrected chi connectivity index (χ4v) is 2.84. The summed E-state index contributed by atoms with van der Waals surface area (Å²) in [5.74, 6) is 0.299. The van der Waals surface area contributed by atoms with Crippen LogP contribution in [0.5, 0.6) is 11.5 Å². The van der Waals surface area contributed by atoms with Crippen molar-refractivity contribution in [2.24, 2.45) is 0 Å². The number of methoxy groups -OCH3 is 1. The summed E-state index contributed by atoms with van der Waals surface area (Å²) < 4.78 is 12.1. The molecule has 0 bridgehead atoms. The van der Waals surface area contributed by atoms with Crippen molar-refractivity contribution in [2.45, 2.75) is 32.7 Å². The fourth-order valence-electron chi connectivity index (χ4n) is 2.84. The van der Waals surface area contributed by atoms with Crippen molar-refractivity contribution in [3.63, 3.8) is 0 Å². The summed E-state index contributed by atoms with van der Waals surface area (Å²) in [6, 6.07) is 4.27. The van der Waals surface area contributed by atoms with Gasteiger partial charge in [0.25, 0.3) is 0 Å². The van der Waals surface area contributed by atoms with Gasteiger partial charge in [0, 0.05) is 5.70 Å². The molecule has 0 saturated carbocycles. The van der Waals surface area contributed by atoms with Crippen LogP contribution in [-0.2, 0) is 9.53 Å². The molecule has 26 heavy (non-hydrogen) atoms. The Balaban J connectivity index is 2.04. The normalized spacial score (nSPS) is 16.0. The van der Waals surface area contributed by atoms with Gasteiger partial charge in [0.2, 0.25) is 5.95 Å². The first-order valence-electron chi connectivity index (χ1n) is 8.36. The topological polar surface area (TPSA) is 111 Å². The van der Waals surface area contributed by atoms with Crippen molar-refractivity contribution >= 4 is 11.9 Å². The van der Waals surface area contributed by atoms with Crippen molar-refractivity contribution in [3.05, 3.63) is 35.0 Å². The first kappa shape index (κ1) is 17.7. The molecule has 1 aliphatic heterocycles. The van der Waals surface area contributed by atoms with Gasteiger partial charge in [0.1, 0.15) is 6.04 Å². The molecule has 1 atom stereocenters. The number of tetrazole rings is 1. The van der Waals surface area contributed by atoms with Crippen LogP contribution in [0.2, 0.25) is 0 Å². The summed E-state index contributed by atoms with van der Waals surface area (Å²) >= 11 is 0. The lowest BCUT2D eigenvalue weighted by Crippen LogP contribution is -2.29. The number of nitrogens with one attached hydrogen (secondary N) is 1. The number of nitrogens with zero attached hydrogens (tertiary/aromatic N) is 4. The average Bonchev–Trinajstić information content (AvgIpc) is 3.09. The minimum absolute atomic E-state index is 0.00916. The molecule has 0 radical (unpaired) electrons. The number of hydrogen-bond donors (Lipinski definition) is 2. The molecule has 0 saturated heterocycles. The average molecular weight is 359 g/mol. The van der Waals surface area contributed by atoms with Crippen LogP contribution >= 0.6 is 0 Å². The second-order valence-corrected chi connectivity index (χ2v) is 5.93. The van der Waals surface area contributed by atoms with E-state index >= 15 is 0 Å². The summed E-state index contributed by atoms with van der Waals surface area (Å²) in [6.45, 7) is 4.15. The standard InChI is InChI=1S/C17H21N5O4/c1-4-5-8-26-16(24)14-10(2)18-17-19-20-21-22(17)15(14)11-6-7-12(23)13(9-11)25-3/h6-7,9,15,23H,4-5,8H2,1-3H3,(H,18,19,21)/t15-/m1/s1. The quantitative estimate of drug-likeness (QED) is 0.595. The number of rotatable bonds is 6. The molecule has 1 aromatic heterocycles. The van der Waals surface area contributed by atoms with Gasteiger partial charge in [-0.15, -0.1) is 0 Å². The van der Waals surface area contributed by atoms with Gasteiger partial charge in [-0.1, -0.05) is 24.5 Å². The Morgan fingerprint density at radius 1 is 1.42 bits per heavy atom. The van der Waals surface area contributed by atoms with Gasteiger partial charge < -0.3 is 19.9 Å². The Bertz CT molecular complexity index is 845. The fraction of sp³-hybridized carbons (Fsp3) is 0.412. The minimum atomic E-state index is -0.593. The second-order valence-electron chi connectivity index (χ2n) is 5.93. The van der Waals surface area contributed by atoms with E-state index in [0.29, 0.717) is 35.1 Å². The SMILES string of the molecule is CCCCOC(=O)C1=C(C)Nc2nnnn2[C@@H]1c1ccc(O)c(OC)c1. The zero-order valence-corrected chi connectivity index (χ0v) is 14.9. The van der Waals surface area contributed by atoms with E-state index in [1.54, 1.807) is 19.1 Å². The van der Waals surface area contributed by atoms with Gasteiger partial charge in [0.05, 0.1) is 19.3 Å². The third-order valence-corrected chi connectivity index (χ3v) is 4.18. The van der Waals surface area contributed by atoms with E-state index in [1.807, 2.05) is 6.92 Å². The predicted octanol–water partition coefficient (Wildman–Crippen LogP) is 2.02. The van der Waals surface area contributed by atoms with Crippen molar-refractivity contribution < 1.29 is 19.4 Å². The number of aromatic hydroxyl groups is 1. The van der Waals surface area contributed by atoms with Crippen LogP contribution in [-0.4, -0.2) is 45.0 Å². The molecule has 0 aliphatic carbocycles. The summed E-state index contributed by atoms with van der Waals surface area (Å²) in [5.41, 5.74) is 1.72. The van der Waals surface area contributed by atoms with Crippen LogP contribution in [0, 0.1) is 0 Å². The highest BCUT2D eigenvalue weighted by Gasteiger charge is 2.35. The molecule has 9 heteroatoms. The van der Waals surface area contributed by atoms with Gasteiger partial charge in [-0.25, -0.2) is 4.79 Å². The van der Waals surface area contributed by atoms with Crippen LogP contribution in [0.1, 0.15) is 38.3 Å². The summed E-state index contributed by atoms with van der Waals surface area (Å²) in [7, 11) is 1.46. The van der Waals surface area contributed by atoms with Gasteiger partial charge in [-0.2, -0.15) is 4.68 Å². The number of phenols is 1. The molecule has 3 rings (SSSR count). The van der Waals surface area contributed by atoms with Crippen molar-refractivity contribution in [3.8, 4) is 11.5 Å². The lowest BCUT2D eigenvalue weighted by molar-refractivity contribution is -0.139. The lowest BCUT2D eigenvalue weighted by Gasteiger charge is -2.27. The number of hydrogen-bond acceptors (Lipinski definition) is 8. The number of allylic oxidation sites excluding steroid dienone is 1. The van der Waals surface area contributed by atoms with E-state index in [2.05, 4.69) is 20.8 Å². The highest BCUT2D eigenvalue weighted by Crippen LogP contribution is 2.38. The molecule has 1 aromatic carbocycles. The molecular weight excluding hydrogens is 338 g/mol. The number of ether oxygens (including phenoxy) is 2. The van der Waals surface area contributed by atoms with E-state index < -0.39 is 12.0 Å². The van der Waals surface area contributed by atoms with Crippen LogP contribution in [0.3, 0.4) is 0 Å². The van der Waals surface area contributed by atoms with Crippen molar-refractivity contribution in [1.29, 1.82) is 0 Å². The number of anilines is 1. The zero-order valence-electron chi connectivity index (χ0n) is 14.9. The first-order chi connectivity index (χ1) is 12.6. The lowest BCUT2D eigenvalue weighted by atomic mass is 9.95. The van der Waals surface area contributed by atoms with Crippen molar-refractivity contribution in [2.75, 3.05) is 19.0 Å². The van der Waals surface area contributed by atoms with Gasteiger partial charge in [-0.05, 0) is 41.5 Å². The summed E-state index contributed by atoms with van der Waals surface area (Å²) in [6.07, 6.45) is 1.72. The zero-order chi connectivity index (χ0) is 18.7. The Kier molecular flexibility index (Phi) is 5.06. The summed E-state index contributed by atoms with van der Waals surface area (Å²) in [5, 5.41) is 24.5. The van der Waals surface area contributed by atoms with Gasteiger partial charge in [-0.3, -0.25) is 0 Å². The maximum Gasteiger partial charge on any atom is 0.338 e. The Hall–Kier alpha value is -3.10. The van der Waals surface area contributed by atoms with Crippen LogP contribution in [0.4, 0.5) is 5.95 Å². The van der Waals surface area contributed by atoms with Crippen LogP contribution in [0.15, 0.2) is 29.5 Å². The molecule has 0 unspecified atom stereocenters. The molecule has 0 spiro atoms. The van der Waals surface area contributed by atoms with Crippen LogP contribution in [0.25, 0.3) is 0 Å². The maximum absolute atomic E-state index is 12.7. The van der Waals surface area contributed by atoms with E-state index in [4.69, 9.17) is 9.47 Å². The molecule has 2 heterocycles. The molecular formula is C17H21N5O4. The maximum atomic E-state index is 12.7. The molecule has 138 valence electrons. The second kappa shape index (κ2) is 7.42. The number of benzene rings is 1. The highest BCUT2D eigenvalue weighted by molar-refractivity contribution is 5.92. The highest BCUT2D eigenvalue weighted by atomic mass is 16.5. The van der Waals surface area contributed by atoms with E-state index in [-0.39, 0.29) is 5.75 Å². The third kappa shape index (κ3) is 3.19.